The first kappa shape index (κ1) is 28.5. The van der Waals surface area contributed by atoms with E-state index in [9.17, 15) is 13.5 Å². The monoisotopic (exact) mass is 571 g/mol. The lowest BCUT2D eigenvalue weighted by atomic mass is 10.2. The Kier molecular flexibility index (Phi) is 8.35. The summed E-state index contributed by atoms with van der Waals surface area (Å²) in [6, 6.07) is 10.1. The molecule has 1 aromatic carbocycles. The van der Waals surface area contributed by atoms with E-state index in [2.05, 4.69) is 29.9 Å². The van der Waals surface area contributed by atoms with Gasteiger partial charge in [-0.2, -0.15) is 0 Å². The molecule has 4 aromatic rings. The highest BCUT2D eigenvalue weighted by Crippen LogP contribution is 2.38. The van der Waals surface area contributed by atoms with Crippen molar-refractivity contribution in [3.63, 3.8) is 0 Å². The number of aliphatic hydroxyl groups excluding tert-OH is 1. The molecule has 15 heteroatoms. The van der Waals surface area contributed by atoms with E-state index in [0.29, 0.717) is 34.5 Å². The standard InChI is InChI=1S/C25H29N7O7S/c1-14-13-26-20(24(27-14)39-6)22(33)15(2)40(34,35)31-25-30-29-23(16-9-7-12-19(28-16)38-5)32(25)21-17(36-3)10-8-11-18(21)37-4/h7-13,15,22,33H,1-6H3,(H,30,31)/t15-,22+/m0/s1. The molecule has 3 heterocycles. The number of hydrogen-bond acceptors (Lipinski definition) is 12. The number of nitrogens with one attached hydrogen (secondary N) is 1. The molecule has 212 valence electrons. The maximum absolute atomic E-state index is 13.6. The lowest BCUT2D eigenvalue weighted by Crippen LogP contribution is -2.32. The van der Waals surface area contributed by atoms with Gasteiger partial charge in [-0.1, -0.05) is 12.1 Å². The molecular weight excluding hydrogens is 542 g/mol. The van der Waals surface area contributed by atoms with Crippen molar-refractivity contribution >= 4 is 16.0 Å². The second kappa shape index (κ2) is 11.7. The number of benzene rings is 1. The summed E-state index contributed by atoms with van der Waals surface area (Å²) in [4.78, 5) is 12.7. The van der Waals surface area contributed by atoms with Crippen LogP contribution in [0, 0.1) is 6.92 Å². The molecular formula is C25H29N7O7S. The van der Waals surface area contributed by atoms with Crippen molar-refractivity contribution in [3.05, 3.63) is 54.0 Å². The van der Waals surface area contributed by atoms with E-state index in [4.69, 9.17) is 18.9 Å². The van der Waals surface area contributed by atoms with Crippen molar-refractivity contribution in [1.29, 1.82) is 0 Å². The minimum absolute atomic E-state index is 0.0165. The van der Waals surface area contributed by atoms with Gasteiger partial charge in [0.1, 0.15) is 39.9 Å². The maximum Gasteiger partial charge on any atom is 0.243 e. The average molecular weight is 572 g/mol. The Hall–Kier alpha value is -4.50. The molecule has 0 saturated heterocycles. The summed E-state index contributed by atoms with van der Waals surface area (Å²) >= 11 is 0. The fraction of sp³-hybridized carbons (Fsp3) is 0.320. The smallest absolute Gasteiger partial charge is 0.243 e. The number of anilines is 1. The zero-order chi connectivity index (χ0) is 29.0. The van der Waals surface area contributed by atoms with Crippen LogP contribution in [-0.4, -0.2) is 76.9 Å². The van der Waals surface area contributed by atoms with Gasteiger partial charge in [0.25, 0.3) is 0 Å². The summed E-state index contributed by atoms with van der Waals surface area (Å²) in [6.45, 7) is 3.02. The van der Waals surface area contributed by atoms with Crippen molar-refractivity contribution in [2.45, 2.75) is 25.2 Å². The van der Waals surface area contributed by atoms with Gasteiger partial charge in [0.05, 0.1) is 34.1 Å². The third kappa shape index (κ3) is 5.46. The van der Waals surface area contributed by atoms with Crippen LogP contribution in [0.1, 0.15) is 24.4 Å². The highest BCUT2D eigenvalue weighted by atomic mass is 32.2. The lowest BCUT2D eigenvalue weighted by Gasteiger charge is -2.22. The van der Waals surface area contributed by atoms with E-state index in [1.54, 1.807) is 43.3 Å². The molecule has 3 aromatic heterocycles. The van der Waals surface area contributed by atoms with Crippen molar-refractivity contribution in [2.24, 2.45) is 0 Å². The number of pyridine rings is 1. The van der Waals surface area contributed by atoms with Gasteiger partial charge < -0.3 is 24.1 Å². The Morgan fingerprint density at radius 2 is 1.60 bits per heavy atom. The highest BCUT2D eigenvalue weighted by molar-refractivity contribution is 7.93. The first-order chi connectivity index (χ1) is 19.1. The molecule has 0 bridgehead atoms. The molecule has 0 aliphatic heterocycles. The number of aromatic nitrogens is 6. The number of nitrogens with zero attached hydrogens (tertiary/aromatic N) is 6. The van der Waals surface area contributed by atoms with Gasteiger partial charge in [-0.3, -0.25) is 14.3 Å². The zero-order valence-corrected chi connectivity index (χ0v) is 23.5. The Morgan fingerprint density at radius 3 is 2.23 bits per heavy atom. The second-order valence-electron chi connectivity index (χ2n) is 8.46. The van der Waals surface area contributed by atoms with E-state index in [1.165, 1.54) is 46.1 Å². The van der Waals surface area contributed by atoms with Gasteiger partial charge in [0.15, 0.2) is 5.82 Å². The van der Waals surface area contributed by atoms with E-state index in [1.807, 2.05) is 0 Å². The molecule has 0 aliphatic carbocycles. The topological polar surface area (TPSA) is 173 Å². The molecule has 0 amide bonds. The van der Waals surface area contributed by atoms with Crippen LogP contribution in [0.3, 0.4) is 0 Å². The second-order valence-corrected chi connectivity index (χ2v) is 10.5. The van der Waals surface area contributed by atoms with Gasteiger partial charge in [-0.05, 0) is 32.0 Å². The van der Waals surface area contributed by atoms with Crippen LogP contribution in [0.5, 0.6) is 23.3 Å². The molecule has 0 radical (unpaired) electrons. The van der Waals surface area contributed by atoms with Crippen molar-refractivity contribution in [1.82, 2.24) is 29.7 Å². The third-order valence-electron chi connectivity index (χ3n) is 5.98. The summed E-state index contributed by atoms with van der Waals surface area (Å²) < 4.78 is 52.6. The van der Waals surface area contributed by atoms with Gasteiger partial charge in [-0.25, -0.2) is 18.4 Å². The molecule has 0 fully saturated rings. The number of para-hydroxylation sites is 1. The fourth-order valence-electron chi connectivity index (χ4n) is 3.86. The molecule has 0 spiro atoms. The first-order valence-corrected chi connectivity index (χ1v) is 13.4. The van der Waals surface area contributed by atoms with Crippen molar-refractivity contribution < 1.29 is 32.5 Å². The number of aryl methyl sites for hydroxylation is 1. The Labute approximate surface area is 231 Å². The number of sulfonamides is 1. The summed E-state index contributed by atoms with van der Waals surface area (Å²) in [7, 11) is 1.43. The van der Waals surface area contributed by atoms with Crippen LogP contribution in [-0.2, 0) is 10.0 Å². The predicted molar refractivity (Wildman–Crippen MR) is 145 cm³/mol. The molecule has 0 saturated carbocycles. The molecule has 4 rings (SSSR count). The van der Waals surface area contributed by atoms with Gasteiger partial charge in [0.2, 0.25) is 27.7 Å². The summed E-state index contributed by atoms with van der Waals surface area (Å²) in [5.41, 5.74) is 1.16. The SMILES string of the molecule is COc1cccc(-c2nnc(NS(=O)(=O)[C@@H](C)[C@@H](O)c3ncc(C)nc3OC)n2-c2c(OC)cccc2OC)n1. The number of aliphatic hydroxyl groups is 1. The van der Waals surface area contributed by atoms with Gasteiger partial charge in [-0.15, -0.1) is 10.2 Å². The highest BCUT2D eigenvalue weighted by Gasteiger charge is 2.35. The molecule has 2 atom stereocenters. The predicted octanol–water partition coefficient (Wildman–Crippen LogP) is 2.33. The van der Waals surface area contributed by atoms with Crippen LogP contribution in [0.25, 0.3) is 17.2 Å². The quantitative estimate of drug-likeness (QED) is 0.269. The van der Waals surface area contributed by atoms with Gasteiger partial charge in [0, 0.05) is 12.3 Å². The minimum Gasteiger partial charge on any atom is -0.494 e. The molecule has 40 heavy (non-hydrogen) atoms. The van der Waals surface area contributed by atoms with Crippen molar-refractivity contribution in [3.8, 4) is 40.5 Å². The zero-order valence-electron chi connectivity index (χ0n) is 22.7. The largest absolute Gasteiger partial charge is 0.494 e. The van der Waals surface area contributed by atoms with Crippen LogP contribution >= 0.6 is 0 Å². The Morgan fingerprint density at radius 1 is 0.925 bits per heavy atom. The van der Waals surface area contributed by atoms with E-state index < -0.39 is 21.4 Å². The molecule has 0 unspecified atom stereocenters. The Bertz CT molecular complexity index is 1590. The van der Waals surface area contributed by atoms with Crippen LogP contribution in [0.2, 0.25) is 0 Å². The lowest BCUT2D eigenvalue weighted by molar-refractivity contribution is 0.165. The van der Waals surface area contributed by atoms with Gasteiger partial charge >= 0.3 is 0 Å². The fourth-order valence-corrected chi connectivity index (χ4v) is 4.90. The molecule has 2 N–H and O–H groups in total. The summed E-state index contributed by atoms with van der Waals surface area (Å²) in [5, 5.41) is 17.9. The first-order valence-electron chi connectivity index (χ1n) is 11.9. The number of ether oxygens (including phenoxy) is 4. The molecule has 0 aliphatic rings. The normalized spacial score (nSPS) is 12.9. The van der Waals surface area contributed by atoms with E-state index in [-0.39, 0.29) is 23.3 Å². The number of rotatable bonds is 11. The van der Waals surface area contributed by atoms with E-state index in [0.717, 1.165) is 0 Å². The average Bonchev–Trinajstić information content (AvgIpc) is 3.37. The maximum atomic E-state index is 13.6. The van der Waals surface area contributed by atoms with E-state index >= 15 is 0 Å². The summed E-state index contributed by atoms with van der Waals surface area (Å²) in [5.74, 6) is 0.976. The molecule has 14 nitrogen and oxygen atoms in total. The van der Waals surface area contributed by atoms with Crippen LogP contribution < -0.4 is 23.7 Å². The number of methoxy groups -OCH3 is 4. The summed E-state index contributed by atoms with van der Waals surface area (Å²) in [6.07, 6.45) is -0.177. The third-order valence-corrected chi connectivity index (χ3v) is 7.68. The Balaban J connectivity index is 1.84. The van der Waals surface area contributed by atoms with Crippen LogP contribution in [0.4, 0.5) is 5.95 Å². The van der Waals surface area contributed by atoms with Crippen molar-refractivity contribution in [2.75, 3.05) is 33.2 Å². The van der Waals surface area contributed by atoms with Crippen LogP contribution in [0.15, 0.2) is 42.6 Å². The minimum atomic E-state index is -4.32. The number of hydrogen-bond donors (Lipinski definition) is 2.